The summed E-state index contributed by atoms with van der Waals surface area (Å²) in [5, 5.41) is 11.9. The highest BCUT2D eigenvalue weighted by Gasteiger charge is 2.37. The molecule has 4 heteroatoms. The van der Waals surface area contributed by atoms with Gasteiger partial charge >= 0.3 is 0 Å². The fraction of sp³-hybridized carbons (Fsp3) is 0.909. The number of amides is 1. The van der Waals surface area contributed by atoms with Crippen LogP contribution in [0.3, 0.4) is 0 Å². The van der Waals surface area contributed by atoms with E-state index in [1.165, 1.54) is 0 Å². The van der Waals surface area contributed by atoms with Crippen molar-refractivity contribution < 1.29 is 14.6 Å². The predicted molar refractivity (Wildman–Crippen MR) is 57.5 cm³/mol. The summed E-state index contributed by atoms with van der Waals surface area (Å²) in [4.78, 5) is 11.7. The summed E-state index contributed by atoms with van der Waals surface area (Å²) in [6.07, 6.45) is 2.99. The second-order valence-electron chi connectivity index (χ2n) is 4.43. The van der Waals surface area contributed by atoms with Gasteiger partial charge in [0.05, 0.1) is 6.10 Å². The first kappa shape index (κ1) is 12.5. The molecular formula is C11H21NO3. The number of nitrogens with one attached hydrogen (secondary N) is 1. The van der Waals surface area contributed by atoms with Gasteiger partial charge in [0.2, 0.25) is 0 Å². The molecule has 1 amide bonds. The van der Waals surface area contributed by atoms with Gasteiger partial charge in [0.25, 0.3) is 5.91 Å². The van der Waals surface area contributed by atoms with Crippen molar-refractivity contribution in [3.8, 4) is 0 Å². The number of aliphatic hydroxyl groups is 1. The van der Waals surface area contributed by atoms with E-state index in [9.17, 15) is 4.79 Å². The Bertz CT molecular complexity index is 210. The molecule has 1 fully saturated rings. The SMILES string of the molecule is CC(O)CCCNC(=O)C1(C)CCCO1. The first-order chi connectivity index (χ1) is 7.04. The summed E-state index contributed by atoms with van der Waals surface area (Å²) in [6.45, 7) is 4.88. The van der Waals surface area contributed by atoms with Gasteiger partial charge in [-0.25, -0.2) is 0 Å². The molecule has 1 saturated heterocycles. The maximum atomic E-state index is 11.7. The Kier molecular flexibility index (Phi) is 4.54. The standard InChI is InChI=1S/C11H21NO3/c1-9(13)5-3-7-12-10(14)11(2)6-4-8-15-11/h9,13H,3-8H2,1-2H3,(H,12,14). The lowest BCUT2D eigenvalue weighted by molar-refractivity contribution is -0.139. The van der Waals surface area contributed by atoms with Gasteiger partial charge in [0.15, 0.2) is 0 Å². The van der Waals surface area contributed by atoms with Crippen molar-refractivity contribution in [2.24, 2.45) is 0 Å². The van der Waals surface area contributed by atoms with Crippen molar-refractivity contribution >= 4 is 5.91 Å². The smallest absolute Gasteiger partial charge is 0.251 e. The van der Waals surface area contributed by atoms with Crippen LogP contribution in [0.2, 0.25) is 0 Å². The summed E-state index contributed by atoms with van der Waals surface area (Å²) in [5.74, 6) is -0.0226. The third kappa shape index (κ3) is 3.80. The van der Waals surface area contributed by atoms with E-state index in [-0.39, 0.29) is 12.0 Å². The molecule has 0 radical (unpaired) electrons. The highest BCUT2D eigenvalue weighted by atomic mass is 16.5. The van der Waals surface area contributed by atoms with Gasteiger partial charge in [0, 0.05) is 13.2 Å². The van der Waals surface area contributed by atoms with Crippen molar-refractivity contribution in [3.63, 3.8) is 0 Å². The van der Waals surface area contributed by atoms with Crippen molar-refractivity contribution in [3.05, 3.63) is 0 Å². The van der Waals surface area contributed by atoms with Gasteiger partial charge in [-0.3, -0.25) is 4.79 Å². The molecule has 15 heavy (non-hydrogen) atoms. The van der Waals surface area contributed by atoms with Gasteiger partial charge in [-0.1, -0.05) is 0 Å². The van der Waals surface area contributed by atoms with Crippen molar-refractivity contribution in [1.82, 2.24) is 5.32 Å². The maximum Gasteiger partial charge on any atom is 0.251 e. The first-order valence-electron chi connectivity index (χ1n) is 5.65. The van der Waals surface area contributed by atoms with Crippen LogP contribution in [0.4, 0.5) is 0 Å². The maximum absolute atomic E-state index is 11.7. The summed E-state index contributed by atoms with van der Waals surface area (Å²) >= 11 is 0. The fourth-order valence-corrected chi connectivity index (χ4v) is 1.74. The second kappa shape index (κ2) is 5.47. The van der Waals surface area contributed by atoms with Gasteiger partial charge in [-0.2, -0.15) is 0 Å². The average Bonchev–Trinajstić information content (AvgIpc) is 2.60. The van der Waals surface area contributed by atoms with Crippen molar-refractivity contribution in [1.29, 1.82) is 0 Å². The van der Waals surface area contributed by atoms with Crippen LogP contribution in [-0.4, -0.2) is 35.9 Å². The molecule has 0 aromatic carbocycles. The van der Waals surface area contributed by atoms with Crippen LogP contribution >= 0.6 is 0 Å². The molecule has 0 bridgehead atoms. The van der Waals surface area contributed by atoms with E-state index >= 15 is 0 Å². The molecule has 2 N–H and O–H groups in total. The van der Waals surface area contributed by atoms with Crippen LogP contribution in [0.1, 0.15) is 39.5 Å². The molecule has 88 valence electrons. The fourth-order valence-electron chi connectivity index (χ4n) is 1.74. The Hall–Kier alpha value is -0.610. The summed E-state index contributed by atoms with van der Waals surface area (Å²) in [6, 6.07) is 0. The predicted octanol–water partition coefficient (Wildman–Crippen LogP) is 0.833. The lowest BCUT2D eigenvalue weighted by Gasteiger charge is -2.21. The van der Waals surface area contributed by atoms with Crippen LogP contribution in [-0.2, 0) is 9.53 Å². The number of ether oxygens (including phenoxy) is 1. The van der Waals surface area contributed by atoms with Crippen LogP contribution in [0.25, 0.3) is 0 Å². The van der Waals surface area contributed by atoms with Crippen LogP contribution in [0.5, 0.6) is 0 Å². The minimum atomic E-state index is -0.620. The highest BCUT2D eigenvalue weighted by Crippen LogP contribution is 2.24. The molecule has 0 aliphatic carbocycles. The number of hydrogen-bond donors (Lipinski definition) is 2. The molecule has 4 nitrogen and oxygen atoms in total. The molecule has 2 unspecified atom stereocenters. The molecule has 0 saturated carbocycles. The molecule has 1 aliphatic rings. The van der Waals surface area contributed by atoms with E-state index < -0.39 is 5.60 Å². The lowest BCUT2D eigenvalue weighted by atomic mass is 10.0. The Labute approximate surface area is 91.0 Å². The molecule has 1 rings (SSSR count). The van der Waals surface area contributed by atoms with E-state index in [2.05, 4.69) is 5.32 Å². The summed E-state index contributed by atoms with van der Waals surface area (Å²) < 4.78 is 5.42. The molecule has 2 atom stereocenters. The van der Waals surface area contributed by atoms with Crippen LogP contribution in [0, 0.1) is 0 Å². The normalized spacial score (nSPS) is 27.7. The van der Waals surface area contributed by atoms with E-state index in [4.69, 9.17) is 9.84 Å². The number of rotatable bonds is 5. The minimum absolute atomic E-state index is 0.0226. The van der Waals surface area contributed by atoms with Gasteiger partial charge in [-0.05, 0) is 39.5 Å². The Balaban J connectivity index is 2.18. The number of carbonyl (C=O) groups excluding carboxylic acids is 1. The zero-order valence-electron chi connectivity index (χ0n) is 9.58. The molecule has 1 aliphatic heterocycles. The highest BCUT2D eigenvalue weighted by molar-refractivity contribution is 5.84. The van der Waals surface area contributed by atoms with E-state index in [1.807, 2.05) is 6.92 Å². The third-order valence-electron chi connectivity index (χ3n) is 2.78. The van der Waals surface area contributed by atoms with E-state index in [0.29, 0.717) is 13.2 Å². The molecule has 0 aromatic heterocycles. The Morgan fingerprint density at radius 3 is 2.93 bits per heavy atom. The van der Waals surface area contributed by atoms with Crippen LogP contribution < -0.4 is 5.32 Å². The summed E-state index contributed by atoms with van der Waals surface area (Å²) in [7, 11) is 0. The van der Waals surface area contributed by atoms with Crippen LogP contribution in [0.15, 0.2) is 0 Å². The number of hydrogen-bond acceptors (Lipinski definition) is 3. The zero-order chi connectivity index (χ0) is 11.3. The van der Waals surface area contributed by atoms with Gasteiger partial charge in [-0.15, -0.1) is 0 Å². The first-order valence-corrected chi connectivity index (χ1v) is 5.65. The lowest BCUT2D eigenvalue weighted by Crippen LogP contribution is -2.44. The van der Waals surface area contributed by atoms with Crippen molar-refractivity contribution in [2.75, 3.05) is 13.2 Å². The third-order valence-corrected chi connectivity index (χ3v) is 2.78. The van der Waals surface area contributed by atoms with Gasteiger partial charge < -0.3 is 15.2 Å². The van der Waals surface area contributed by atoms with Crippen molar-refractivity contribution in [2.45, 2.75) is 51.2 Å². The van der Waals surface area contributed by atoms with E-state index in [1.54, 1.807) is 6.92 Å². The minimum Gasteiger partial charge on any atom is -0.393 e. The van der Waals surface area contributed by atoms with E-state index in [0.717, 1.165) is 25.7 Å². The Morgan fingerprint density at radius 2 is 2.40 bits per heavy atom. The Morgan fingerprint density at radius 1 is 1.67 bits per heavy atom. The quantitative estimate of drug-likeness (QED) is 0.668. The number of aliphatic hydroxyl groups excluding tert-OH is 1. The zero-order valence-corrected chi connectivity index (χ0v) is 9.58. The molecule has 1 heterocycles. The largest absolute Gasteiger partial charge is 0.393 e. The number of carbonyl (C=O) groups is 1. The topological polar surface area (TPSA) is 58.6 Å². The molecule has 0 aromatic rings. The van der Waals surface area contributed by atoms with Gasteiger partial charge in [0.1, 0.15) is 5.60 Å². The molecular weight excluding hydrogens is 194 g/mol. The molecule has 0 spiro atoms. The average molecular weight is 215 g/mol. The monoisotopic (exact) mass is 215 g/mol. The second-order valence-corrected chi connectivity index (χ2v) is 4.43. The summed E-state index contributed by atoms with van der Waals surface area (Å²) in [5.41, 5.74) is -0.620.